The molecular weight excluding hydrogens is 324 g/mol. The molecule has 1 aromatic carbocycles. The second kappa shape index (κ2) is 7.85. The maximum Gasteiger partial charge on any atom is 0.110 e. The Balaban J connectivity index is 1.98. The van der Waals surface area contributed by atoms with Gasteiger partial charge in [0.1, 0.15) is 5.76 Å². The average molecular weight is 357 g/mol. The fourth-order valence-electron chi connectivity index (χ4n) is 4.02. The van der Waals surface area contributed by atoms with Crippen molar-refractivity contribution in [3.8, 4) is 0 Å². The lowest BCUT2D eigenvalue weighted by Gasteiger charge is -2.42. The first kappa shape index (κ1) is 19.0. The normalized spacial score (nSPS) is 22.4. The molecule has 26 heavy (non-hydrogen) atoms. The van der Waals surface area contributed by atoms with E-state index in [4.69, 9.17) is 4.74 Å². The van der Waals surface area contributed by atoms with Gasteiger partial charge < -0.3 is 19.6 Å². The summed E-state index contributed by atoms with van der Waals surface area (Å²) in [6.45, 7) is 11.4. The van der Waals surface area contributed by atoms with Gasteiger partial charge in [-0.15, -0.1) is 0 Å². The van der Waals surface area contributed by atoms with Crippen molar-refractivity contribution in [2.45, 2.75) is 32.8 Å². The molecule has 1 aliphatic heterocycles. The van der Waals surface area contributed by atoms with Crippen molar-refractivity contribution in [1.29, 1.82) is 0 Å². The highest BCUT2D eigenvalue weighted by Crippen LogP contribution is 2.41. The SMILES string of the molecule is CCN1CCN(C2=CC(c3ccccc3)=C(OC)C(C(C)(C)O)C2)CC1. The van der Waals surface area contributed by atoms with Crippen LogP contribution in [-0.4, -0.2) is 60.3 Å². The van der Waals surface area contributed by atoms with E-state index in [1.165, 1.54) is 5.70 Å². The maximum absolute atomic E-state index is 10.8. The molecule has 1 N–H and O–H groups in total. The molecule has 0 amide bonds. The second-order valence-corrected chi connectivity index (χ2v) is 7.82. The first-order valence-electron chi connectivity index (χ1n) is 9.68. The third kappa shape index (κ3) is 3.97. The van der Waals surface area contributed by atoms with E-state index in [9.17, 15) is 5.11 Å². The molecule has 1 fully saturated rings. The third-order valence-electron chi connectivity index (χ3n) is 5.69. The summed E-state index contributed by atoms with van der Waals surface area (Å²) < 4.78 is 5.82. The van der Waals surface area contributed by atoms with Crippen LogP contribution in [-0.2, 0) is 4.74 Å². The van der Waals surface area contributed by atoms with Gasteiger partial charge >= 0.3 is 0 Å². The summed E-state index contributed by atoms with van der Waals surface area (Å²) in [7, 11) is 1.72. The molecule has 1 aliphatic carbocycles. The molecule has 2 aliphatic rings. The topological polar surface area (TPSA) is 35.9 Å². The Bertz CT molecular complexity index is 665. The van der Waals surface area contributed by atoms with Crippen LogP contribution in [0.3, 0.4) is 0 Å². The van der Waals surface area contributed by atoms with E-state index >= 15 is 0 Å². The number of benzene rings is 1. The van der Waals surface area contributed by atoms with Crippen LogP contribution in [0.4, 0.5) is 0 Å². The number of allylic oxidation sites excluding steroid dienone is 3. The van der Waals surface area contributed by atoms with Crippen LogP contribution in [0, 0.1) is 5.92 Å². The number of rotatable bonds is 5. The van der Waals surface area contributed by atoms with Gasteiger partial charge in [0.2, 0.25) is 0 Å². The van der Waals surface area contributed by atoms with Crippen LogP contribution in [0.5, 0.6) is 0 Å². The smallest absolute Gasteiger partial charge is 0.110 e. The highest BCUT2D eigenvalue weighted by atomic mass is 16.5. The minimum Gasteiger partial charge on any atom is -0.500 e. The number of ether oxygens (including phenoxy) is 1. The van der Waals surface area contributed by atoms with Crippen LogP contribution in [0.2, 0.25) is 0 Å². The van der Waals surface area contributed by atoms with Crippen molar-refractivity contribution in [3.05, 3.63) is 53.4 Å². The molecule has 3 rings (SSSR count). The summed E-state index contributed by atoms with van der Waals surface area (Å²) in [6.07, 6.45) is 3.09. The van der Waals surface area contributed by atoms with Gasteiger partial charge in [0, 0.05) is 37.4 Å². The fourth-order valence-corrected chi connectivity index (χ4v) is 4.02. The zero-order valence-corrected chi connectivity index (χ0v) is 16.5. The number of likely N-dealkylation sites (N-methyl/N-ethyl adjacent to an activating group) is 1. The molecule has 4 heteroatoms. The predicted molar refractivity (Wildman–Crippen MR) is 107 cm³/mol. The van der Waals surface area contributed by atoms with Gasteiger partial charge in [-0.2, -0.15) is 0 Å². The van der Waals surface area contributed by atoms with Crippen LogP contribution >= 0.6 is 0 Å². The molecule has 1 heterocycles. The van der Waals surface area contributed by atoms with Crippen LogP contribution < -0.4 is 0 Å². The van der Waals surface area contributed by atoms with Crippen molar-refractivity contribution in [1.82, 2.24) is 9.80 Å². The molecule has 0 spiro atoms. The molecule has 0 aromatic heterocycles. The zero-order chi connectivity index (χ0) is 18.7. The maximum atomic E-state index is 10.8. The minimum absolute atomic E-state index is 0.0492. The lowest BCUT2D eigenvalue weighted by Crippen LogP contribution is -2.47. The number of aliphatic hydroxyl groups is 1. The zero-order valence-electron chi connectivity index (χ0n) is 16.5. The van der Waals surface area contributed by atoms with Crippen molar-refractivity contribution in [2.24, 2.45) is 5.92 Å². The van der Waals surface area contributed by atoms with E-state index in [-0.39, 0.29) is 5.92 Å². The van der Waals surface area contributed by atoms with Gasteiger partial charge in [0.15, 0.2) is 0 Å². The number of hydrogen-bond donors (Lipinski definition) is 1. The van der Waals surface area contributed by atoms with Crippen molar-refractivity contribution in [3.63, 3.8) is 0 Å². The van der Waals surface area contributed by atoms with E-state index in [1.54, 1.807) is 7.11 Å². The van der Waals surface area contributed by atoms with Gasteiger partial charge in [-0.25, -0.2) is 0 Å². The number of methoxy groups -OCH3 is 1. The number of piperazine rings is 1. The van der Waals surface area contributed by atoms with E-state index in [0.29, 0.717) is 0 Å². The largest absolute Gasteiger partial charge is 0.500 e. The van der Waals surface area contributed by atoms with Gasteiger partial charge in [-0.05, 0) is 38.5 Å². The summed E-state index contributed by atoms with van der Waals surface area (Å²) in [5.74, 6) is 0.839. The van der Waals surface area contributed by atoms with Crippen molar-refractivity contribution >= 4 is 5.57 Å². The Kier molecular flexibility index (Phi) is 5.73. The fraction of sp³-hybridized carbons (Fsp3) is 0.545. The second-order valence-electron chi connectivity index (χ2n) is 7.82. The first-order valence-corrected chi connectivity index (χ1v) is 9.68. The van der Waals surface area contributed by atoms with Crippen LogP contribution in [0.1, 0.15) is 32.8 Å². The van der Waals surface area contributed by atoms with Crippen LogP contribution in [0.25, 0.3) is 5.57 Å². The Labute approximate surface area is 157 Å². The van der Waals surface area contributed by atoms with Gasteiger partial charge in [-0.3, -0.25) is 0 Å². The summed E-state index contributed by atoms with van der Waals surface area (Å²) in [5, 5.41) is 10.8. The van der Waals surface area contributed by atoms with Crippen LogP contribution in [0.15, 0.2) is 47.9 Å². The summed E-state index contributed by atoms with van der Waals surface area (Å²) in [5.41, 5.74) is 2.71. The van der Waals surface area contributed by atoms with Crippen molar-refractivity contribution < 1.29 is 9.84 Å². The van der Waals surface area contributed by atoms with E-state index < -0.39 is 5.60 Å². The molecule has 4 nitrogen and oxygen atoms in total. The molecule has 0 saturated carbocycles. The monoisotopic (exact) mass is 356 g/mol. The summed E-state index contributed by atoms with van der Waals surface area (Å²) in [6, 6.07) is 10.4. The number of hydrogen-bond acceptors (Lipinski definition) is 4. The Morgan fingerprint density at radius 3 is 2.31 bits per heavy atom. The molecule has 0 bridgehead atoms. The molecule has 0 radical (unpaired) electrons. The highest BCUT2D eigenvalue weighted by Gasteiger charge is 2.37. The lowest BCUT2D eigenvalue weighted by atomic mass is 9.78. The van der Waals surface area contributed by atoms with Gasteiger partial charge in [0.25, 0.3) is 0 Å². The Hall–Kier alpha value is -1.78. The Morgan fingerprint density at radius 1 is 1.12 bits per heavy atom. The van der Waals surface area contributed by atoms with Gasteiger partial charge in [-0.1, -0.05) is 37.3 Å². The van der Waals surface area contributed by atoms with E-state index in [0.717, 1.165) is 56.0 Å². The van der Waals surface area contributed by atoms with E-state index in [2.05, 4.69) is 47.1 Å². The van der Waals surface area contributed by atoms with E-state index in [1.807, 2.05) is 19.9 Å². The Morgan fingerprint density at radius 2 is 1.77 bits per heavy atom. The first-order chi connectivity index (χ1) is 12.4. The average Bonchev–Trinajstić information content (AvgIpc) is 2.67. The highest BCUT2D eigenvalue weighted by molar-refractivity contribution is 5.78. The number of nitrogens with zero attached hydrogens (tertiary/aromatic N) is 2. The molecule has 1 aromatic rings. The molecule has 1 saturated heterocycles. The quantitative estimate of drug-likeness (QED) is 0.878. The standard InChI is InChI=1S/C22H32N2O2/c1-5-23-11-13-24(14-12-23)18-15-19(17-9-7-6-8-10-17)21(26-4)20(16-18)22(2,3)25/h6-10,15,20,25H,5,11-14,16H2,1-4H3. The lowest BCUT2D eigenvalue weighted by molar-refractivity contribution is 0.00646. The molecule has 1 atom stereocenters. The molecule has 142 valence electrons. The summed E-state index contributed by atoms with van der Waals surface area (Å²) in [4.78, 5) is 4.97. The summed E-state index contributed by atoms with van der Waals surface area (Å²) >= 11 is 0. The predicted octanol–water partition coefficient (Wildman–Crippen LogP) is 3.36. The molecule has 1 unspecified atom stereocenters. The minimum atomic E-state index is -0.837. The van der Waals surface area contributed by atoms with Gasteiger partial charge in [0.05, 0.1) is 18.6 Å². The van der Waals surface area contributed by atoms with Crippen molar-refractivity contribution in [2.75, 3.05) is 39.8 Å². The third-order valence-corrected chi connectivity index (χ3v) is 5.69. The molecular formula is C22H32N2O2.